The molecule has 1 aliphatic heterocycles. The van der Waals surface area contributed by atoms with Gasteiger partial charge in [-0.15, -0.1) is 0 Å². The first kappa shape index (κ1) is 15.7. The first-order valence-corrected chi connectivity index (χ1v) is 7.65. The highest BCUT2D eigenvalue weighted by Crippen LogP contribution is 2.27. The molecule has 0 saturated carbocycles. The minimum Gasteiger partial charge on any atom is -0.497 e. The monoisotopic (exact) mass is 318 g/mol. The molecule has 0 spiro atoms. The Bertz CT molecular complexity index is 767. The van der Waals surface area contributed by atoms with Crippen molar-refractivity contribution in [2.24, 2.45) is 0 Å². The second-order valence-electron chi connectivity index (χ2n) is 5.62. The zero-order valence-corrected chi connectivity index (χ0v) is 13.2. The second kappa shape index (κ2) is 6.50. The number of hydrogen-bond donors (Lipinski definition) is 0. The van der Waals surface area contributed by atoms with E-state index in [9.17, 15) is 9.18 Å². The molecule has 3 rings (SSSR count). The van der Waals surface area contributed by atoms with Gasteiger partial charge in [0.2, 0.25) is 0 Å². The average molecular weight is 318 g/mol. The molecule has 1 saturated heterocycles. The van der Waals surface area contributed by atoms with Crippen LogP contribution < -0.4 is 10.3 Å². The van der Waals surface area contributed by atoms with Gasteiger partial charge >= 0.3 is 0 Å². The van der Waals surface area contributed by atoms with E-state index < -0.39 is 5.82 Å². The van der Waals surface area contributed by atoms with E-state index >= 15 is 0 Å². The lowest BCUT2D eigenvalue weighted by atomic mass is 10.0. The SMILES string of the molecule is COc1ccc(-c2c(C)cnn(C3CCCCO3)c2=O)c(F)c1. The van der Waals surface area contributed by atoms with Crippen LogP contribution in [0.15, 0.2) is 29.2 Å². The number of halogens is 1. The molecule has 1 aromatic carbocycles. The van der Waals surface area contributed by atoms with Crippen molar-refractivity contribution in [3.8, 4) is 16.9 Å². The summed E-state index contributed by atoms with van der Waals surface area (Å²) in [5, 5.41) is 4.18. The largest absolute Gasteiger partial charge is 0.497 e. The van der Waals surface area contributed by atoms with Crippen molar-refractivity contribution in [1.29, 1.82) is 0 Å². The second-order valence-corrected chi connectivity index (χ2v) is 5.62. The van der Waals surface area contributed by atoms with Gasteiger partial charge in [0.25, 0.3) is 5.56 Å². The van der Waals surface area contributed by atoms with Gasteiger partial charge in [-0.05, 0) is 43.9 Å². The van der Waals surface area contributed by atoms with E-state index in [2.05, 4.69) is 5.10 Å². The predicted molar refractivity (Wildman–Crippen MR) is 84.0 cm³/mol. The van der Waals surface area contributed by atoms with Crippen molar-refractivity contribution >= 4 is 0 Å². The molecule has 0 N–H and O–H groups in total. The summed E-state index contributed by atoms with van der Waals surface area (Å²) in [4.78, 5) is 12.8. The first-order chi connectivity index (χ1) is 11.1. The van der Waals surface area contributed by atoms with Crippen LogP contribution >= 0.6 is 0 Å². The Morgan fingerprint density at radius 2 is 2.22 bits per heavy atom. The Kier molecular flexibility index (Phi) is 4.43. The molecule has 1 fully saturated rings. The number of nitrogens with zero attached hydrogens (tertiary/aromatic N) is 2. The zero-order chi connectivity index (χ0) is 16.4. The van der Waals surface area contributed by atoms with E-state index in [1.807, 2.05) is 0 Å². The smallest absolute Gasteiger partial charge is 0.277 e. The number of benzene rings is 1. The molecule has 23 heavy (non-hydrogen) atoms. The molecule has 1 unspecified atom stereocenters. The molecule has 2 aromatic rings. The Morgan fingerprint density at radius 1 is 1.39 bits per heavy atom. The fourth-order valence-corrected chi connectivity index (χ4v) is 2.82. The molecule has 5 nitrogen and oxygen atoms in total. The van der Waals surface area contributed by atoms with Crippen molar-refractivity contribution in [1.82, 2.24) is 9.78 Å². The van der Waals surface area contributed by atoms with E-state index in [1.165, 1.54) is 17.9 Å². The molecule has 0 aliphatic carbocycles. The lowest BCUT2D eigenvalue weighted by molar-refractivity contribution is -0.0423. The van der Waals surface area contributed by atoms with Crippen LogP contribution in [-0.2, 0) is 4.74 Å². The van der Waals surface area contributed by atoms with Crippen LogP contribution in [-0.4, -0.2) is 23.5 Å². The summed E-state index contributed by atoms with van der Waals surface area (Å²) < 4.78 is 26.3. The summed E-state index contributed by atoms with van der Waals surface area (Å²) in [6, 6.07) is 4.47. The van der Waals surface area contributed by atoms with Crippen LogP contribution in [0.25, 0.3) is 11.1 Å². The zero-order valence-electron chi connectivity index (χ0n) is 13.2. The molecule has 122 valence electrons. The van der Waals surface area contributed by atoms with E-state index in [-0.39, 0.29) is 17.4 Å². The van der Waals surface area contributed by atoms with Gasteiger partial charge in [-0.2, -0.15) is 5.10 Å². The summed E-state index contributed by atoms with van der Waals surface area (Å²) >= 11 is 0. The van der Waals surface area contributed by atoms with Gasteiger partial charge in [-0.25, -0.2) is 9.07 Å². The molecule has 1 atom stereocenters. The summed E-state index contributed by atoms with van der Waals surface area (Å²) in [5.74, 6) is -0.0826. The van der Waals surface area contributed by atoms with Gasteiger partial charge in [0.05, 0.1) is 18.9 Å². The van der Waals surface area contributed by atoms with Gasteiger partial charge in [0, 0.05) is 18.2 Å². The Hall–Kier alpha value is -2.21. The molecule has 0 radical (unpaired) electrons. The number of ether oxygens (including phenoxy) is 2. The summed E-state index contributed by atoms with van der Waals surface area (Å²) in [5.41, 5.74) is 0.863. The number of aromatic nitrogens is 2. The summed E-state index contributed by atoms with van der Waals surface area (Å²) in [6.45, 7) is 2.36. The van der Waals surface area contributed by atoms with Crippen LogP contribution in [0, 0.1) is 12.7 Å². The maximum absolute atomic E-state index is 14.4. The van der Waals surface area contributed by atoms with E-state index in [4.69, 9.17) is 9.47 Å². The molecule has 2 heterocycles. The third-order valence-corrected chi connectivity index (χ3v) is 4.07. The van der Waals surface area contributed by atoms with Gasteiger partial charge in [-0.3, -0.25) is 4.79 Å². The molecule has 6 heteroatoms. The van der Waals surface area contributed by atoms with Gasteiger partial charge in [0.15, 0.2) is 6.23 Å². The minimum absolute atomic E-state index is 0.250. The number of aryl methyl sites for hydroxylation is 1. The van der Waals surface area contributed by atoms with Gasteiger partial charge in [-0.1, -0.05) is 0 Å². The van der Waals surface area contributed by atoms with Crippen LogP contribution in [0.2, 0.25) is 0 Å². The van der Waals surface area contributed by atoms with Crippen molar-refractivity contribution in [3.05, 3.63) is 46.1 Å². The fourth-order valence-electron chi connectivity index (χ4n) is 2.82. The number of hydrogen-bond acceptors (Lipinski definition) is 4. The molecule has 0 amide bonds. The standard InChI is InChI=1S/C17H19FN2O3/c1-11-10-19-20(15-5-3-4-8-23-15)17(21)16(11)13-7-6-12(22-2)9-14(13)18/h6-7,9-10,15H,3-5,8H2,1-2H3. The van der Waals surface area contributed by atoms with Gasteiger partial charge in [0.1, 0.15) is 11.6 Å². The lowest BCUT2D eigenvalue weighted by Crippen LogP contribution is -2.32. The summed E-state index contributed by atoms with van der Waals surface area (Å²) in [6.07, 6.45) is 3.91. The van der Waals surface area contributed by atoms with Crippen molar-refractivity contribution in [2.75, 3.05) is 13.7 Å². The lowest BCUT2D eigenvalue weighted by Gasteiger charge is -2.24. The molecular formula is C17H19FN2O3. The normalized spacial score (nSPS) is 18.0. The fraction of sp³-hybridized carbons (Fsp3) is 0.412. The maximum Gasteiger partial charge on any atom is 0.277 e. The Balaban J connectivity index is 2.10. The van der Waals surface area contributed by atoms with Crippen LogP contribution in [0.1, 0.15) is 31.1 Å². The molecule has 0 bridgehead atoms. The highest BCUT2D eigenvalue weighted by Gasteiger charge is 2.22. The Morgan fingerprint density at radius 3 is 2.87 bits per heavy atom. The summed E-state index contributed by atoms with van der Waals surface area (Å²) in [7, 11) is 1.47. The number of rotatable bonds is 3. The third kappa shape index (κ3) is 2.99. The third-order valence-electron chi connectivity index (χ3n) is 4.07. The van der Waals surface area contributed by atoms with Crippen molar-refractivity contribution < 1.29 is 13.9 Å². The number of methoxy groups -OCH3 is 1. The van der Waals surface area contributed by atoms with Crippen molar-refractivity contribution in [2.45, 2.75) is 32.4 Å². The quantitative estimate of drug-likeness (QED) is 0.873. The van der Waals surface area contributed by atoms with E-state index in [0.29, 0.717) is 23.5 Å². The van der Waals surface area contributed by atoms with E-state index in [1.54, 1.807) is 25.3 Å². The van der Waals surface area contributed by atoms with Crippen molar-refractivity contribution in [3.63, 3.8) is 0 Å². The first-order valence-electron chi connectivity index (χ1n) is 7.65. The van der Waals surface area contributed by atoms with E-state index in [0.717, 1.165) is 19.3 Å². The highest BCUT2D eigenvalue weighted by atomic mass is 19.1. The average Bonchev–Trinajstić information content (AvgIpc) is 2.57. The maximum atomic E-state index is 14.4. The van der Waals surface area contributed by atoms with Crippen LogP contribution in [0.5, 0.6) is 5.75 Å². The van der Waals surface area contributed by atoms with Crippen LogP contribution in [0.3, 0.4) is 0 Å². The molecular weight excluding hydrogens is 299 g/mol. The molecule has 1 aliphatic rings. The highest BCUT2D eigenvalue weighted by molar-refractivity contribution is 5.67. The topological polar surface area (TPSA) is 53.4 Å². The Labute approximate surface area is 133 Å². The van der Waals surface area contributed by atoms with Gasteiger partial charge < -0.3 is 9.47 Å². The van der Waals surface area contributed by atoms with Crippen LogP contribution in [0.4, 0.5) is 4.39 Å². The molecule has 1 aromatic heterocycles. The predicted octanol–water partition coefficient (Wildman–Crippen LogP) is 3.07. The minimum atomic E-state index is -0.494.